The van der Waals surface area contributed by atoms with Crippen molar-refractivity contribution in [1.82, 2.24) is 29.9 Å². The zero-order valence-corrected chi connectivity index (χ0v) is 8.11. The number of hydrogen-bond donors (Lipinski definition) is 2. The molecule has 0 bridgehead atoms. The molecule has 2 rings (SSSR count). The Morgan fingerprint density at radius 3 is 2.50 bits per heavy atom. The van der Waals surface area contributed by atoms with Crippen molar-refractivity contribution < 1.29 is 4.79 Å². The van der Waals surface area contributed by atoms with Crippen LogP contribution in [0.5, 0.6) is 0 Å². The highest BCUT2D eigenvalue weighted by Gasteiger charge is 2.05. The molecule has 82 valence electrons. The second-order valence-electron chi connectivity index (χ2n) is 2.93. The Kier molecular flexibility index (Phi) is 2.42. The summed E-state index contributed by atoms with van der Waals surface area (Å²) in [7, 11) is 0. The summed E-state index contributed by atoms with van der Waals surface area (Å²) in [6.45, 7) is 0.220. The highest BCUT2D eigenvalue weighted by Crippen LogP contribution is 2.00. The van der Waals surface area contributed by atoms with Crippen molar-refractivity contribution >= 4 is 18.2 Å². The van der Waals surface area contributed by atoms with E-state index in [9.17, 15) is 4.79 Å². The molecule has 0 unspecified atom stereocenters. The fourth-order valence-electron chi connectivity index (χ4n) is 1.12. The molecule has 0 aromatic carbocycles. The van der Waals surface area contributed by atoms with E-state index in [2.05, 4.69) is 25.3 Å². The van der Waals surface area contributed by atoms with Gasteiger partial charge in [-0.2, -0.15) is 15.0 Å². The largest absolute Gasteiger partial charge is 0.368 e. The lowest BCUT2D eigenvalue weighted by atomic mass is 10.5. The van der Waals surface area contributed by atoms with Crippen molar-refractivity contribution in [2.24, 2.45) is 0 Å². The van der Waals surface area contributed by atoms with E-state index in [1.165, 1.54) is 10.9 Å². The fourth-order valence-corrected chi connectivity index (χ4v) is 1.12. The van der Waals surface area contributed by atoms with Crippen molar-refractivity contribution in [2.45, 2.75) is 6.54 Å². The molecule has 0 saturated carbocycles. The summed E-state index contributed by atoms with van der Waals surface area (Å²) >= 11 is 0. The van der Waals surface area contributed by atoms with Gasteiger partial charge >= 0.3 is 0 Å². The van der Waals surface area contributed by atoms with Crippen LogP contribution in [0.4, 0.5) is 11.9 Å². The summed E-state index contributed by atoms with van der Waals surface area (Å²) in [4.78, 5) is 21.7. The van der Waals surface area contributed by atoms with Gasteiger partial charge in [-0.25, -0.2) is 4.68 Å². The van der Waals surface area contributed by atoms with E-state index < -0.39 is 0 Å². The first-order valence-electron chi connectivity index (χ1n) is 4.28. The number of nitrogens with two attached hydrogens (primary N) is 2. The normalized spacial score (nSPS) is 10.2. The van der Waals surface area contributed by atoms with Crippen LogP contribution in [0.3, 0.4) is 0 Å². The minimum Gasteiger partial charge on any atom is -0.368 e. The van der Waals surface area contributed by atoms with Gasteiger partial charge in [-0.1, -0.05) is 5.21 Å². The van der Waals surface area contributed by atoms with Gasteiger partial charge < -0.3 is 11.5 Å². The third-order valence-electron chi connectivity index (χ3n) is 1.70. The molecule has 0 saturated heterocycles. The standard InChI is InChI=1S/C7H8N8O/c8-6-10-5(11-7(9)12-6)2-15-1-4(3-16)13-14-15/h1,3H,2H2,(H4,8,9,10,11,12). The molecule has 9 nitrogen and oxygen atoms in total. The maximum Gasteiger partial charge on any atom is 0.225 e. The van der Waals surface area contributed by atoms with Crippen LogP contribution in [0.1, 0.15) is 16.3 Å². The lowest BCUT2D eigenvalue weighted by Gasteiger charge is -2.00. The number of carbonyl (C=O) groups is 1. The molecule has 0 spiro atoms. The summed E-state index contributed by atoms with van der Waals surface area (Å²) in [5.41, 5.74) is 11.0. The average molecular weight is 220 g/mol. The van der Waals surface area contributed by atoms with Gasteiger partial charge in [-0.05, 0) is 0 Å². The van der Waals surface area contributed by atoms with Crippen molar-refractivity contribution in [3.63, 3.8) is 0 Å². The van der Waals surface area contributed by atoms with Gasteiger partial charge in [0.2, 0.25) is 11.9 Å². The number of nitrogens with zero attached hydrogens (tertiary/aromatic N) is 6. The van der Waals surface area contributed by atoms with Gasteiger partial charge in [-0.3, -0.25) is 4.79 Å². The Labute approximate surface area is 89.5 Å². The van der Waals surface area contributed by atoms with Crippen LogP contribution in [0.15, 0.2) is 6.20 Å². The van der Waals surface area contributed by atoms with Gasteiger partial charge in [0.1, 0.15) is 12.2 Å². The molecule has 0 radical (unpaired) electrons. The summed E-state index contributed by atoms with van der Waals surface area (Å²) < 4.78 is 1.40. The van der Waals surface area contributed by atoms with Gasteiger partial charge in [0.05, 0.1) is 6.20 Å². The molecule has 0 fully saturated rings. The minimum atomic E-state index is 0.0400. The van der Waals surface area contributed by atoms with E-state index in [1.54, 1.807) is 0 Å². The van der Waals surface area contributed by atoms with Gasteiger partial charge in [-0.15, -0.1) is 5.10 Å². The molecule has 2 aromatic rings. The topological polar surface area (TPSA) is 138 Å². The smallest absolute Gasteiger partial charge is 0.225 e. The Morgan fingerprint density at radius 2 is 1.94 bits per heavy atom. The second-order valence-corrected chi connectivity index (χ2v) is 2.93. The van der Waals surface area contributed by atoms with Gasteiger partial charge in [0, 0.05) is 0 Å². The van der Waals surface area contributed by atoms with E-state index in [1.807, 2.05) is 0 Å². The molecular weight excluding hydrogens is 212 g/mol. The maximum absolute atomic E-state index is 10.4. The fraction of sp³-hybridized carbons (Fsp3) is 0.143. The van der Waals surface area contributed by atoms with Crippen LogP contribution >= 0.6 is 0 Å². The van der Waals surface area contributed by atoms with Gasteiger partial charge in [0.15, 0.2) is 12.1 Å². The first-order chi connectivity index (χ1) is 7.67. The predicted molar refractivity (Wildman–Crippen MR) is 53.2 cm³/mol. The molecule has 0 aliphatic carbocycles. The van der Waals surface area contributed by atoms with E-state index in [0.717, 1.165) is 0 Å². The third kappa shape index (κ3) is 2.08. The highest BCUT2D eigenvalue weighted by molar-refractivity contribution is 5.70. The van der Waals surface area contributed by atoms with E-state index >= 15 is 0 Å². The summed E-state index contributed by atoms with van der Waals surface area (Å²) in [5, 5.41) is 7.28. The Hall–Kier alpha value is -2.58. The van der Waals surface area contributed by atoms with E-state index in [-0.39, 0.29) is 24.1 Å². The van der Waals surface area contributed by atoms with E-state index in [4.69, 9.17) is 11.5 Å². The maximum atomic E-state index is 10.4. The van der Waals surface area contributed by atoms with Crippen molar-refractivity contribution in [1.29, 1.82) is 0 Å². The first-order valence-corrected chi connectivity index (χ1v) is 4.28. The number of nitrogen functional groups attached to an aromatic ring is 2. The number of anilines is 2. The molecule has 16 heavy (non-hydrogen) atoms. The number of aldehydes is 1. The summed E-state index contributed by atoms with van der Waals surface area (Å²) in [6.07, 6.45) is 2.06. The monoisotopic (exact) mass is 220 g/mol. The molecule has 0 aliphatic rings. The molecule has 4 N–H and O–H groups in total. The van der Waals surface area contributed by atoms with Crippen molar-refractivity contribution in [3.05, 3.63) is 17.7 Å². The summed E-state index contributed by atoms with van der Waals surface area (Å²) in [5.74, 6) is 0.434. The Bertz CT molecular complexity index is 501. The van der Waals surface area contributed by atoms with Crippen LogP contribution in [-0.2, 0) is 6.54 Å². The zero-order valence-electron chi connectivity index (χ0n) is 8.11. The average Bonchev–Trinajstić information content (AvgIpc) is 2.64. The van der Waals surface area contributed by atoms with Crippen LogP contribution < -0.4 is 11.5 Å². The molecule has 2 heterocycles. The third-order valence-corrected chi connectivity index (χ3v) is 1.70. The summed E-state index contributed by atoms with van der Waals surface area (Å²) in [6, 6.07) is 0. The molecule has 0 atom stereocenters. The van der Waals surface area contributed by atoms with E-state index in [0.29, 0.717) is 12.1 Å². The van der Waals surface area contributed by atoms with Crippen molar-refractivity contribution in [3.8, 4) is 0 Å². The second kappa shape index (κ2) is 3.88. The highest BCUT2D eigenvalue weighted by atomic mass is 16.1. The lowest BCUT2D eigenvalue weighted by Crippen LogP contribution is -2.10. The quantitative estimate of drug-likeness (QED) is 0.595. The molecule has 2 aromatic heterocycles. The van der Waals surface area contributed by atoms with Crippen LogP contribution in [0.25, 0.3) is 0 Å². The minimum absolute atomic E-state index is 0.0400. The van der Waals surface area contributed by atoms with Crippen LogP contribution in [0.2, 0.25) is 0 Å². The molecular formula is C7H8N8O. The predicted octanol–water partition coefficient (Wildman–Crippen LogP) is -1.51. The molecule has 9 heteroatoms. The lowest BCUT2D eigenvalue weighted by molar-refractivity contribution is 0.111. The Balaban J connectivity index is 2.22. The number of aromatic nitrogens is 6. The molecule has 0 aliphatic heterocycles. The number of rotatable bonds is 3. The first kappa shape index (κ1) is 9.96. The van der Waals surface area contributed by atoms with Crippen molar-refractivity contribution in [2.75, 3.05) is 11.5 Å². The number of hydrogen-bond acceptors (Lipinski definition) is 8. The van der Waals surface area contributed by atoms with Gasteiger partial charge in [0.25, 0.3) is 0 Å². The Morgan fingerprint density at radius 1 is 1.25 bits per heavy atom. The SMILES string of the molecule is Nc1nc(N)nc(Cn2cc(C=O)nn2)n1. The van der Waals surface area contributed by atoms with Crippen LogP contribution in [0, 0.1) is 0 Å². The zero-order chi connectivity index (χ0) is 11.5. The molecule has 0 amide bonds. The number of carbonyl (C=O) groups excluding carboxylic acids is 1. The van der Waals surface area contributed by atoms with Crippen LogP contribution in [-0.4, -0.2) is 36.2 Å².